The van der Waals surface area contributed by atoms with Crippen LogP contribution in [0.3, 0.4) is 0 Å². The number of rotatable bonds is 2. The van der Waals surface area contributed by atoms with Crippen molar-refractivity contribution in [1.29, 1.82) is 0 Å². The van der Waals surface area contributed by atoms with Crippen LogP contribution in [0.1, 0.15) is 25.0 Å². The molecule has 1 heteroatoms. The van der Waals surface area contributed by atoms with Crippen molar-refractivity contribution in [3.8, 4) is 56.0 Å². The van der Waals surface area contributed by atoms with Crippen LogP contribution in [0, 0.1) is 0 Å². The summed E-state index contributed by atoms with van der Waals surface area (Å²) >= 11 is 0. The molecule has 1 heterocycles. The number of hydrogen-bond donors (Lipinski definition) is 0. The van der Waals surface area contributed by atoms with E-state index < -0.39 is 0 Å². The third kappa shape index (κ3) is 3.51. The molecule has 0 saturated heterocycles. The van der Waals surface area contributed by atoms with Crippen molar-refractivity contribution in [2.45, 2.75) is 19.3 Å². The van der Waals surface area contributed by atoms with Gasteiger partial charge in [0.1, 0.15) is 11.5 Å². The van der Waals surface area contributed by atoms with Gasteiger partial charge in [-0.05, 0) is 113 Å². The molecule has 0 radical (unpaired) electrons. The van der Waals surface area contributed by atoms with E-state index in [1.165, 1.54) is 82.4 Å². The zero-order valence-corrected chi connectivity index (χ0v) is 25.8. The summed E-state index contributed by atoms with van der Waals surface area (Å²) in [5.74, 6) is 1.85. The fourth-order valence-electron chi connectivity index (χ4n) is 8.11. The minimum Gasteiger partial charge on any atom is -0.456 e. The molecule has 0 unspecified atom stereocenters. The Morgan fingerprint density at radius 2 is 1.07 bits per heavy atom. The van der Waals surface area contributed by atoms with Crippen molar-refractivity contribution < 1.29 is 4.74 Å². The van der Waals surface area contributed by atoms with Gasteiger partial charge in [0.15, 0.2) is 0 Å². The average Bonchev–Trinajstić information content (AvgIpc) is 3.32. The van der Waals surface area contributed by atoms with Crippen molar-refractivity contribution in [3.05, 3.63) is 157 Å². The highest BCUT2D eigenvalue weighted by Crippen LogP contribution is 2.53. The highest BCUT2D eigenvalue weighted by Gasteiger charge is 2.36. The summed E-state index contributed by atoms with van der Waals surface area (Å²) in [6, 6.07) is 53.5. The predicted octanol–water partition coefficient (Wildman–Crippen LogP) is 12.6. The van der Waals surface area contributed by atoms with E-state index in [-0.39, 0.29) is 5.41 Å². The summed E-state index contributed by atoms with van der Waals surface area (Å²) in [5, 5.41) is 7.54. The summed E-state index contributed by atoms with van der Waals surface area (Å²) < 4.78 is 6.39. The Morgan fingerprint density at radius 3 is 2.00 bits per heavy atom. The van der Waals surface area contributed by atoms with Gasteiger partial charge in [-0.2, -0.15) is 0 Å². The molecule has 1 aliphatic heterocycles. The van der Waals surface area contributed by atoms with Gasteiger partial charge < -0.3 is 4.74 Å². The highest BCUT2D eigenvalue weighted by molar-refractivity contribution is 6.10. The molecule has 0 fully saturated rings. The van der Waals surface area contributed by atoms with E-state index in [1.54, 1.807) is 0 Å². The zero-order chi connectivity index (χ0) is 30.6. The Morgan fingerprint density at radius 1 is 0.391 bits per heavy atom. The Balaban J connectivity index is 1.12. The summed E-state index contributed by atoms with van der Waals surface area (Å²) in [5.41, 5.74) is 12.7. The van der Waals surface area contributed by atoms with Gasteiger partial charge in [-0.25, -0.2) is 0 Å². The maximum atomic E-state index is 6.39. The van der Waals surface area contributed by atoms with Crippen molar-refractivity contribution >= 4 is 32.3 Å². The molecule has 2 aliphatic rings. The molecular weight excluding hydrogens is 556 g/mol. The minimum atomic E-state index is -0.139. The molecule has 10 rings (SSSR count). The second kappa shape index (κ2) is 9.19. The molecule has 0 aromatic heterocycles. The van der Waals surface area contributed by atoms with Gasteiger partial charge in [-0.1, -0.05) is 123 Å². The molecule has 0 atom stereocenters. The van der Waals surface area contributed by atoms with Crippen LogP contribution in [0.4, 0.5) is 0 Å². The molecule has 8 aromatic carbocycles. The second-order valence-electron chi connectivity index (χ2n) is 13.3. The quantitative estimate of drug-likeness (QED) is 0.196. The van der Waals surface area contributed by atoms with Gasteiger partial charge >= 0.3 is 0 Å². The summed E-state index contributed by atoms with van der Waals surface area (Å²) in [4.78, 5) is 0. The molecule has 1 aliphatic carbocycles. The molecular formula is C45H30O. The van der Waals surface area contributed by atoms with Gasteiger partial charge in [0.25, 0.3) is 0 Å². The zero-order valence-electron chi connectivity index (χ0n) is 25.8. The lowest BCUT2D eigenvalue weighted by atomic mass is 9.80. The van der Waals surface area contributed by atoms with E-state index in [9.17, 15) is 0 Å². The molecule has 0 spiro atoms. The third-order valence-corrected chi connectivity index (χ3v) is 10.4. The summed E-state index contributed by atoms with van der Waals surface area (Å²) in [6.45, 7) is 4.77. The van der Waals surface area contributed by atoms with Crippen LogP contribution in [0.5, 0.6) is 11.5 Å². The Kier molecular flexibility index (Phi) is 5.12. The number of ether oxygens (including phenoxy) is 1. The first-order chi connectivity index (χ1) is 22.5. The van der Waals surface area contributed by atoms with Gasteiger partial charge in [0.05, 0.1) is 0 Å². The molecule has 0 amide bonds. The smallest absolute Gasteiger partial charge is 0.135 e. The van der Waals surface area contributed by atoms with Crippen molar-refractivity contribution in [2.24, 2.45) is 0 Å². The highest BCUT2D eigenvalue weighted by atomic mass is 16.5. The van der Waals surface area contributed by atoms with Crippen molar-refractivity contribution in [1.82, 2.24) is 0 Å². The molecule has 216 valence electrons. The van der Waals surface area contributed by atoms with Gasteiger partial charge in [-0.3, -0.25) is 0 Å². The first-order valence-electron chi connectivity index (χ1n) is 16.1. The van der Waals surface area contributed by atoms with Crippen LogP contribution >= 0.6 is 0 Å². The lowest BCUT2D eigenvalue weighted by molar-refractivity contribution is 0.487. The van der Waals surface area contributed by atoms with Crippen LogP contribution in [-0.2, 0) is 5.41 Å². The van der Waals surface area contributed by atoms with Crippen LogP contribution in [0.15, 0.2) is 146 Å². The number of hydrogen-bond acceptors (Lipinski definition) is 1. The first kappa shape index (κ1) is 25.6. The third-order valence-electron chi connectivity index (χ3n) is 10.4. The maximum Gasteiger partial charge on any atom is 0.135 e. The standard InChI is InChI=1S/C45H30O/c1-45(2)40-25-31(33-21-22-43-44-36(33)14-8-15-37(44)35-12-5-6-16-42(35)46-43)19-20-34(40)39-24-29-11-7-13-32(38(29)26-41(39)45)30-18-17-27-9-3-4-10-28(27)23-30/h3-26H,1-2H3. The first-order valence-corrected chi connectivity index (χ1v) is 16.1. The van der Waals surface area contributed by atoms with Crippen LogP contribution in [-0.4, -0.2) is 0 Å². The molecule has 0 saturated carbocycles. The second-order valence-corrected chi connectivity index (χ2v) is 13.3. The predicted molar refractivity (Wildman–Crippen MR) is 193 cm³/mol. The summed E-state index contributed by atoms with van der Waals surface area (Å²) in [6.07, 6.45) is 0. The molecule has 0 N–H and O–H groups in total. The van der Waals surface area contributed by atoms with E-state index in [0.29, 0.717) is 0 Å². The van der Waals surface area contributed by atoms with Crippen molar-refractivity contribution in [3.63, 3.8) is 0 Å². The molecule has 46 heavy (non-hydrogen) atoms. The fourth-order valence-corrected chi connectivity index (χ4v) is 8.11. The Bertz CT molecular complexity index is 2590. The van der Waals surface area contributed by atoms with E-state index >= 15 is 0 Å². The Hall–Kier alpha value is -5.66. The molecule has 0 bridgehead atoms. The van der Waals surface area contributed by atoms with Gasteiger partial charge in [0, 0.05) is 16.4 Å². The maximum absolute atomic E-state index is 6.39. The van der Waals surface area contributed by atoms with Crippen molar-refractivity contribution in [2.75, 3.05) is 0 Å². The van der Waals surface area contributed by atoms with Gasteiger partial charge in [-0.15, -0.1) is 0 Å². The fraction of sp³-hybridized carbons (Fsp3) is 0.0667. The van der Waals surface area contributed by atoms with Crippen LogP contribution < -0.4 is 4.74 Å². The number of benzene rings is 8. The van der Waals surface area contributed by atoms with Crippen LogP contribution in [0.25, 0.3) is 76.8 Å². The van der Waals surface area contributed by atoms with Crippen LogP contribution in [0.2, 0.25) is 0 Å². The topological polar surface area (TPSA) is 9.23 Å². The SMILES string of the molecule is CC1(C)c2cc(-c3ccc4c5c(cccc35)-c3ccccc3O4)ccc2-c2cc3cccc(-c4ccc5ccccc5c4)c3cc21. The number of fused-ring (bicyclic) bond motifs is 7. The lowest BCUT2D eigenvalue weighted by Crippen LogP contribution is -2.15. The Labute approximate surface area is 268 Å². The van der Waals surface area contributed by atoms with Gasteiger partial charge in [0.2, 0.25) is 0 Å². The lowest BCUT2D eigenvalue weighted by Gasteiger charge is -2.24. The molecule has 8 aromatic rings. The monoisotopic (exact) mass is 586 g/mol. The average molecular weight is 587 g/mol. The van der Waals surface area contributed by atoms with E-state index in [1.807, 2.05) is 6.07 Å². The minimum absolute atomic E-state index is 0.139. The largest absolute Gasteiger partial charge is 0.456 e. The normalized spacial score (nSPS) is 13.8. The number of para-hydroxylation sites is 1. The van der Waals surface area contributed by atoms with E-state index in [2.05, 4.69) is 153 Å². The van der Waals surface area contributed by atoms with E-state index in [4.69, 9.17) is 4.74 Å². The summed E-state index contributed by atoms with van der Waals surface area (Å²) in [7, 11) is 0. The van der Waals surface area contributed by atoms with E-state index in [0.717, 1.165) is 17.1 Å². The molecule has 1 nitrogen and oxygen atoms in total.